The maximum absolute atomic E-state index is 12.7. The molecule has 2 amide bonds. The lowest BCUT2D eigenvalue weighted by Crippen LogP contribution is -2.22. The maximum atomic E-state index is 12.7. The normalized spacial score (nSPS) is 12.2. The molecule has 0 aliphatic rings. The number of hydrogen-bond donors (Lipinski definition) is 2. The van der Waals surface area contributed by atoms with E-state index in [1.165, 1.54) is 36.5 Å². The lowest BCUT2D eigenvalue weighted by atomic mass is 10.1. The molecule has 3 rings (SSSR count). The Morgan fingerprint density at radius 3 is 2.45 bits per heavy atom. The van der Waals surface area contributed by atoms with Crippen molar-refractivity contribution in [2.75, 3.05) is 16.9 Å². The lowest BCUT2D eigenvalue weighted by Gasteiger charge is -2.13. The summed E-state index contributed by atoms with van der Waals surface area (Å²) < 4.78 is 23.4. The molecule has 8 nitrogen and oxygen atoms in total. The Hall–Kier alpha value is -2.82. The molecule has 31 heavy (non-hydrogen) atoms. The van der Waals surface area contributed by atoms with Gasteiger partial charge >= 0.3 is 0 Å². The van der Waals surface area contributed by atoms with Gasteiger partial charge in [0.2, 0.25) is 11.0 Å². The first kappa shape index (κ1) is 22.9. The quantitative estimate of drug-likeness (QED) is 0.501. The van der Waals surface area contributed by atoms with Gasteiger partial charge in [0, 0.05) is 23.1 Å². The summed E-state index contributed by atoms with van der Waals surface area (Å²) in [7, 11) is -3.36. The van der Waals surface area contributed by atoms with E-state index in [9.17, 15) is 18.0 Å². The topological polar surface area (TPSA) is 118 Å². The van der Waals surface area contributed by atoms with E-state index < -0.39 is 27.0 Å². The molecule has 0 bridgehead atoms. The second kappa shape index (κ2) is 9.54. The Labute approximate surface area is 188 Å². The standard InChI is InChI=1S/C20H19ClN4O4S2/c1-12(21)17(26)22-16-10-14(8-9-15(16)11-31(2,28)29)18(27)23-20-25-24-19(30-20)13-6-4-3-5-7-13/h3-10,12H,11H2,1-2H3,(H,22,26)(H,23,25,27). The highest BCUT2D eigenvalue weighted by atomic mass is 35.5. The molecule has 1 heterocycles. The van der Waals surface area contributed by atoms with E-state index in [0.29, 0.717) is 15.7 Å². The number of rotatable bonds is 7. The van der Waals surface area contributed by atoms with Gasteiger partial charge in [-0.3, -0.25) is 14.9 Å². The van der Waals surface area contributed by atoms with Crippen LogP contribution in [0, 0.1) is 0 Å². The lowest BCUT2D eigenvalue weighted by molar-refractivity contribution is -0.115. The first-order chi connectivity index (χ1) is 14.6. The predicted octanol–water partition coefficient (Wildman–Crippen LogP) is 3.57. The van der Waals surface area contributed by atoms with Crippen LogP contribution < -0.4 is 10.6 Å². The van der Waals surface area contributed by atoms with E-state index in [2.05, 4.69) is 20.8 Å². The predicted molar refractivity (Wildman–Crippen MR) is 122 cm³/mol. The second-order valence-corrected chi connectivity index (χ2v) is 10.6. The molecule has 3 aromatic rings. The van der Waals surface area contributed by atoms with Crippen molar-refractivity contribution >= 4 is 55.4 Å². The first-order valence-corrected chi connectivity index (χ1v) is 12.4. The van der Waals surface area contributed by atoms with Gasteiger partial charge in [-0.25, -0.2) is 8.42 Å². The van der Waals surface area contributed by atoms with Crippen molar-refractivity contribution < 1.29 is 18.0 Å². The highest BCUT2D eigenvalue weighted by Gasteiger charge is 2.18. The molecule has 0 saturated carbocycles. The number of benzene rings is 2. The SMILES string of the molecule is CC(Cl)C(=O)Nc1cc(C(=O)Nc2nnc(-c3ccccc3)s2)ccc1CS(C)(=O)=O. The monoisotopic (exact) mass is 478 g/mol. The zero-order chi connectivity index (χ0) is 22.6. The highest BCUT2D eigenvalue weighted by Crippen LogP contribution is 2.27. The fourth-order valence-electron chi connectivity index (χ4n) is 2.61. The van der Waals surface area contributed by atoms with Crippen molar-refractivity contribution in [2.45, 2.75) is 18.1 Å². The summed E-state index contributed by atoms with van der Waals surface area (Å²) in [5.41, 5.74) is 1.65. The number of halogens is 1. The largest absolute Gasteiger partial charge is 0.325 e. The molecule has 2 aromatic carbocycles. The zero-order valence-electron chi connectivity index (χ0n) is 16.6. The molecule has 0 aliphatic carbocycles. The molecule has 0 spiro atoms. The van der Waals surface area contributed by atoms with Crippen molar-refractivity contribution in [3.05, 3.63) is 59.7 Å². The highest BCUT2D eigenvalue weighted by molar-refractivity contribution is 7.89. The molecule has 0 fully saturated rings. The van der Waals surface area contributed by atoms with Crippen molar-refractivity contribution in [2.24, 2.45) is 0 Å². The third kappa shape index (κ3) is 6.33. The van der Waals surface area contributed by atoms with E-state index >= 15 is 0 Å². The van der Waals surface area contributed by atoms with Crippen LogP contribution in [0.4, 0.5) is 10.8 Å². The number of hydrogen-bond acceptors (Lipinski definition) is 7. The number of alkyl halides is 1. The van der Waals surface area contributed by atoms with Gasteiger partial charge in [-0.2, -0.15) is 0 Å². The molecular formula is C20H19ClN4O4S2. The summed E-state index contributed by atoms with van der Waals surface area (Å²) >= 11 is 7.02. The van der Waals surface area contributed by atoms with Gasteiger partial charge in [-0.1, -0.05) is 47.7 Å². The fraction of sp³-hybridized carbons (Fsp3) is 0.200. The average Bonchev–Trinajstić information content (AvgIpc) is 3.17. The minimum absolute atomic E-state index is 0.206. The number of carbonyl (C=O) groups is 2. The van der Waals surface area contributed by atoms with Crippen molar-refractivity contribution in [1.82, 2.24) is 10.2 Å². The van der Waals surface area contributed by atoms with E-state index in [1.54, 1.807) is 0 Å². The Bertz CT molecular complexity index is 1210. The molecule has 11 heteroatoms. The smallest absolute Gasteiger partial charge is 0.257 e. The minimum atomic E-state index is -3.36. The molecule has 2 N–H and O–H groups in total. The number of sulfone groups is 1. The van der Waals surface area contributed by atoms with Gasteiger partial charge in [0.05, 0.1) is 5.75 Å². The van der Waals surface area contributed by atoms with E-state index in [0.717, 1.165) is 11.8 Å². The summed E-state index contributed by atoms with van der Waals surface area (Å²) in [6.45, 7) is 1.49. The van der Waals surface area contributed by atoms with Crippen molar-refractivity contribution in [3.63, 3.8) is 0 Å². The number of nitrogens with zero attached hydrogens (tertiary/aromatic N) is 2. The Morgan fingerprint density at radius 2 is 1.81 bits per heavy atom. The molecule has 1 atom stereocenters. The van der Waals surface area contributed by atoms with Gasteiger partial charge in [0.25, 0.3) is 5.91 Å². The van der Waals surface area contributed by atoms with Crippen LogP contribution in [0.15, 0.2) is 48.5 Å². The van der Waals surface area contributed by atoms with Crippen LogP contribution in [-0.2, 0) is 20.4 Å². The van der Waals surface area contributed by atoms with Gasteiger partial charge in [-0.05, 0) is 24.6 Å². The van der Waals surface area contributed by atoms with Crippen LogP contribution in [0.25, 0.3) is 10.6 Å². The zero-order valence-corrected chi connectivity index (χ0v) is 19.0. The van der Waals surface area contributed by atoms with Crippen LogP contribution in [0.2, 0.25) is 0 Å². The molecule has 162 valence electrons. The van der Waals surface area contributed by atoms with Crippen molar-refractivity contribution in [1.29, 1.82) is 0 Å². The Balaban J connectivity index is 1.83. The number of carbonyl (C=O) groups excluding carboxylic acids is 2. The fourth-order valence-corrected chi connectivity index (χ4v) is 4.23. The van der Waals surface area contributed by atoms with Gasteiger partial charge in [0.15, 0.2) is 9.84 Å². The summed E-state index contributed by atoms with van der Waals surface area (Å²) in [5.74, 6) is -1.28. The Kier molecular flexibility index (Phi) is 7.04. The number of aromatic nitrogens is 2. The van der Waals surface area contributed by atoms with Crippen LogP contribution >= 0.6 is 22.9 Å². The van der Waals surface area contributed by atoms with Crippen molar-refractivity contribution in [3.8, 4) is 10.6 Å². The van der Waals surface area contributed by atoms with E-state index in [-0.39, 0.29) is 17.0 Å². The van der Waals surface area contributed by atoms with E-state index in [1.807, 2.05) is 30.3 Å². The minimum Gasteiger partial charge on any atom is -0.325 e. The van der Waals surface area contributed by atoms with Gasteiger partial charge in [-0.15, -0.1) is 21.8 Å². The molecular weight excluding hydrogens is 460 g/mol. The number of amides is 2. The van der Waals surface area contributed by atoms with Gasteiger partial charge in [0.1, 0.15) is 10.4 Å². The third-order valence-corrected chi connectivity index (χ3v) is 6.00. The number of anilines is 2. The Morgan fingerprint density at radius 1 is 1.10 bits per heavy atom. The first-order valence-electron chi connectivity index (χ1n) is 9.08. The maximum Gasteiger partial charge on any atom is 0.257 e. The summed E-state index contributed by atoms with van der Waals surface area (Å²) in [6.07, 6.45) is 1.09. The summed E-state index contributed by atoms with van der Waals surface area (Å²) in [5, 5.41) is 13.4. The second-order valence-electron chi connectivity index (χ2n) is 6.78. The molecule has 0 saturated heterocycles. The van der Waals surface area contributed by atoms with Gasteiger partial charge < -0.3 is 5.32 Å². The molecule has 1 unspecified atom stereocenters. The van der Waals surface area contributed by atoms with Crippen LogP contribution in [0.1, 0.15) is 22.8 Å². The van der Waals surface area contributed by atoms with Crippen LogP contribution in [-0.4, -0.2) is 42.1 Å². The van der Waals surface area contributed by atoms with Crippen LogP contribution in [0.3, 0.4) is 0 Å². The molecule has 1 aromatic heterocycles. The van der Waals surface area contributed by atoms with E-state index in [4.69, 9.17) is 11.6 Å². The average molecular weight is 479 g/mol. The summed E-state index contributed by atoms with van der Waals surface area (Å²) in [6, 6.07) is 13.8. The van der Waals surface area contributed by atoms with Crippen LogP contribution in [0.5, 0.6) is 0 Å². The number of nitrogens with one attached hydrogen (secondary N) is 2. The molecule has 0 radical (unpaired) electrons. The third-order valence-electron chi connectivity index (χ3n) is 4.08. The molecule has 0 aliphatic heterocycles. The summed E-state index contributed by atoms with van der Waals surface area (Å²) in [4.78, 5) is 24.7.